The summed E-state index contributed by atoms with van der Waals surface area (Å²) in [6.45, 7) is 0. The van der Waals surface area contributed by atoms with Crippen LogP contribution in [-0.2, 0) is 11.8 Å². The lowest BCUT2D eigenvalue weighted by Crippen LogP contribution is -2.04. The Morgan fingerprint density at radius 2 is 2.00 bits per heavy atom. The van der Waals surface area contributed by atoms with Crippen LogP contribution in [-0.4, -0.2) is 32.4 Å². The number of halogens is 1. The second-order valence-corrected chi connectivity index (χ2v) is 4.86. The molecule has 0 aliphatic heterocycles. The summed E-state index contributed by atoms with van der Waals surface area (Å²) < 4.78 is 1.56. The molecule has 0 radical (unpaired) electrons. The van der Waals surface area contributed by atoms with Gasteiger partial charge in [0.2, 0.25) is 0 Å². The summed E-state index contributed by atoms with van der Waals surface area (Å²) in [4.78, 5) is 14.9. The van der Waals surface area contributed by atoms with Crippen molar-refractivity contribution in [2.45, 2.75) is 0 Å². The maximum atomic E-state index is 10.7. The van der Waals surface area contributed by atoms with Crippen LogP contribution in [0.4, 0.5) is 0 Å². The van der Waals surface area contributed by atoms with Gasteiger partial charge < -0.3 is 5.11 Å². The third kappa shape index (κ3) is 4.13. The number of aliphatic imine (C=N–C) groups is 1. The fourth-order valence-electron chi connectivity index (χ4n) is 1.70. The normalized spacial score (nSPS) is 11.8. The van der Waals surface area contributed by atoms with Crippen LogP contribution in [0.2, 0.25) is 5.02 Å². The molecule has 0 unspecified atom stereocenters. The Morgan fingerprint density at radius 1 is 1.32 bits per heavy atom. The summed E-state index contributed by atoms with van der Waals surface area (Å²) in [5.41, 5.74) is 1.56. The molecule has 0 atom stereocenters. The summed E-state index contributed by atoms with van der Waals surface area (Å²) in [6, 6.07) is 6.77. The average Bonchev–Trinajstić information content (AvgIpc) is 2.91. The predicted octanol–water partition coefficient (Wildman–Crippen LogP) is 2.53. The van der Waals surface area contributed by atoms with E-state index in [2.05, 4.69) is 10.1 Å². The van der Waals surface area contributed by atoms with Gasteiger partial charge in [-0.3, -0.25) is 10.1 Å². The van der Waals surface area contributed by atoms with E-state index in [-0.39, 0.29) is 5.84 Å². The molecule has 0 saturated heterocycles. The minimum absolute atomic E-state index is 0.00640. The van der Waals surface area contributed by atoms with Crippen LogP contribution in [0.25, 0.3) is 0 Å². The van der Waals surface area contributed by atoms with E-state index in [1.165, 1.54) is 12.3 Å². The smallest absolute Gasteiger partial charge is 0.328 e. The van der Waals surface area contributed by atoms with Crippen LogP contribution in [0, 0.1) is 5.41 Å². The number of aryl methyl sites for hydroxylation is 1. The van der Waals surface area contributed by atoms with Gasteiger partial charge in [0.05, 0.1) is 17.5 Å². The highest BCUT2D eigenvalue weighted by molar-refractivity contribution is 6.30. The average molecular weight is 317 g/mol. The lowest BCUT2D eigenvalue weighted by atomic mass is 10.1. The third-order valence-corrected chi connectivity index (χ3v) is 2.99. The van der Waals surface area contributed by atoms with Crippen LogP contribution in [0.1, 0.15) is 11.1 Å². The molecule has 2 N–H and O–H groups in total. The summed E-state index contributed by atoms with van der Waals surface area (Å²) in [7, 11) is 1.74. The first-order valence-electron chi connectivity index (χ1n) is 6.29. The number of carboxylic acids is 1. The zero-order valence-corrected chi connectivity index (χ0v) is 12.4. The van der Waals surface area contributed by atoms with E-state index in [0.717, 1.165) is 6.08 Å². The highest BCUT2D eigenvalue weighted by Crippen LogP contribution is 2.12. The van der Waals surface area contributed by atoms with Gasteiger partial charge in [0, 0.05) is 29.9 Å². The van der Waals surface area contributed by atoms with Gasteiger partial charge in [-0.2, -0.15) is 5.10 Å². The molecular formula is C15H13ClN4O2. The van der Waals surface area contributed by atoms with E-state index in [4.69, 9.17) is 22.1 Å². The molecule has 0 fully saturated rings. The third-order valence-electron chi connectivity index (χ3n) is 2.73. The molecule has 112 valence electrons. The quantitative estimate of drug-likeness (QED) is 0.516. The van der Waals surface area contributed by atoms with Crippen molar-refractivity contribution >= 4 is 29.1 Å². The zero-order chi connectivity index (χ0) is 16.1. The molecule has 1 aromatic heterocycles. The van der Waals surface area contributed by atoms with Gasteiger partial charge in [-0.1, -0.05) is 23.7 Å². The van der Waals surface area contributed by atoms with E-state index < -0.39 is 5.97 Å². The Labute approximate surface area is 131 Å². The Hall–Kier alpha value is -2.73. The Bertz CT molecular complexity index is 760. The molecule has 1 heterocycles. The van der Waals surface area contributed by atoms with Crippen LogP contribution < -0.4 is 0 Å². The van der Waals surface area contributed by atoms with Crippen molar-refractivity contribution < 1.29 is 9.90 Å². The molecule has 0 spiro atoms. The largest absolute Gasteiger partial charge is 0.478 e. The van der Waals surface area contributed by atoms with Gasteiger partial charge in [0.15, 0.2) is 5.84 Å². The molecule has 0 saturated carbocycles. The first kappa shape index (κ1) is 15.7. The monoisotopic (exact) mass is 316 g/mol. The number of nitrogens with zero attached hydrogens (tertiary/aromatic N) is 3. The number of nitrogens with one attached hydrogen (secondary N) is 1. The van der Waals surface area contributed by atoms with Crippen molar-refractivity contribution in [2.75, 3.05) is 0 Å². The SMILES string of the molecule is Cn1cc(C(=N)N=C(/C=C/C(=O)O)c2ccc(Cl)cc2)cn1. The highest BCUT2D eigenvalue weighted by Gasteiger charge is 2.06. The number of hydrogen-bond acceptors (Lipinski definition) is 3. The molecule has 0 aliphatic rings. The summed E-state index contributed by atoms with van der Waals surface area (Å²) in [5.74, 6) is -1.09. The van der Waals surface area contributed by atoms with E-state index in [1.807, 2.05) is 0 Å². The Balaban J connectivity index is 2.39. The number of amidine groups is 1. The molecule has 1 aromatic carbocycles. The van der Waals surface area contributed by atoms with Crippen LogP contribution in [0.15, 0.2) is 53.8 Å². The van der Waals surface area contributed by atoms with Crippen LogP contribution >= 0.6 is 11.6 Å². The number of carbonyl (C=O) groups is 1. The first-order valence-corrected chi connectivity index (χ1v) is 6.66. The Morgan fingerprint density at radius 3 is 2.55 bits per heavy atom. The fourth-order valence-corrected chi connectivity index (χ4v) is 1.82. The molecule has 2 aromatic rings. The summed E-state index contributed by atoms with van der Waals surface area (Å²) in [5, 5.41) is 21.3. The number of carboxylic acid groups (broad SMARTS) is 1. The predicted molar refractivity (Wildman–Crippen MR) is 84.8 cm³/mol. The van der Waals surface area contributed by atoms with Gasteiger partial charge in [-0.15, -0.1) is 0 Å². The second-order valence-electron chi connectivity index (χ2n) is 4.43. The number of allylic oxidation sites excluding steroid dienone is 1. The lowest BCUT2D eigenvalue weighted by molar-refractivity contribution is -0.131. The van der Waals surface area contributed by atoms with Gasteiger partial charge >= 0.3 is 5.97 Å². The first-order chi connectivity index (χ1) is 10.5. The van der Waals surface area contributed by atoms with Gasteiger partial charge in [0.25, 0.3) is 0 Å². The Kier molecular flexibility index (Phi) is 4.85. The standard InChI is InChI=1S/C15H13ClN4O2/c1-20-9-11(8-18-20)15(17)19-13(6-7-14(21)22)10-2-4-12(16)5-3-10/h2-9,17H,1H3,(H,21,22)/b7-6+,17-15?,19-13?. The topological polar surface area (TPSA) is 91.3 Å². The van der Waals surface area contributed by atoms with E-state index in [1.54, 1.807) is 42.2 Å². The van der Waals surface area contributed by atoms with Crippen molar-refractivity contribution in [3.8, 4) is 0 Å². The minimum Gasteiger partial charge on any atom is -0.478 e. The molecule has 2 rings (SSSR count). The van der Waals surface area contributed by atoms with Crippen molar-refractivity contribution in [1.82, 2.24) is 9.78 Å². The van der Waals surface area contributed by atoms with Gasteiger partial charge in [0.1, 0.15) is 0 Å². The van der Waals surface area contributed by atoms with Crippen molar-refractivity contribution in [3.63, 3.8) is 0 Å². The van der Waals surface area contributed by atoms with Gasteiger partial charge in [-0.05, 0) is 18.2 Å². The molecule has 6 nitrogen and oxygen atoms in total. The number of aromatic nitrogens is 2. The van der Waals surface area contributed by atoms with Crippen LogP contribution in [0.5, 0.6) is 0 Å². The maximum Gasteiger partial charge on any atom is 0.328 e. The highest BCUT2D eigenvalue weighted by atomic mass is 35.5. The maximum absolute atomic E-state index is 10.7. The van der Waals surface area contributed by atoms with Crippen molar-refractivity contribution in [2.24, 2.45) is 12.0 Å². The molecule has 0 amide bonds. The van der Waals surface area contributed by atoms with Crippen molar-refractivity contribution in [1.29, 1.82) is 5.41 Å². The number of rotatable bonds is 4. The molecule has 7 heteroatoms. The molecular weight excluding hydrogens is 304 g/mol. The minimum atomic E-state index is -1.09. The molecule has 0 bridgehead atoms. The second kappa shape index (κ2) is 6.82. The molecule has 0 aliphatic carbocycles. The van der Waals surface area contributed by atoms with Gasteiger partial charge in [-0.25, -0.2) is 9.79 Å². The summed E-state index contributed by atoms with van der Waals surface area (Å²) >= 11 is 5.84. The van der Waals surface area contributed by atoms with E-state index >= 15 is 0 Å². The number of hydrogen-bond donors (Lipinski definition) is 2. The fraction of sp³-hybridized carbons (Fsp3) is 0.0667. The van der Waals surface area contributed by atoms with Crippen LogP contribution in [0.3, 0.4) is 0 Å². The summed E-state index contributed by atoms with van der Waals surface area (Å²) in [6.07, 6.45) is 5.50. The zero-order valence-electron chi connectivity index (χ0n) is 11.7. The number of benzene rings is 1. The number of aliphatic carboxylic acids is 1. The van der Waals surface area contributed by atoms with E-state index in [0.29, 0.717) is 21.9 Å². The molecule has 22 heavy (non-hydrogen) atoms. The lowest BCUT2D eigenvalue weighted by Gasteiger charge is -2.02. The van der Waals surface area contributed by atoms with Crippen molar-refractivity contribution in [3.05, 3.63) is 65.0 Å². The van der Waals surface area contributed by atoms with E-state index in [9.17, 15) is 4.79 Å².